The normalized spacial score (nSPS) is 15.9. The minimum atomic E-state index is 0. The maximum absolute atomic E-state index is 12.2. The van der Waals surface area contributed by atoms with E-state index in [1.165, 1.54) is 0 Å². The summed E-state index contributed by atoms with van der Waals surface area (Å²) in [6, 6.07) is 7.76. The first-order valence-electron chi connectivity index (χ1n) is 5.53. The molecule has 1 aromatic rings. The Bertz CT molecular complexity index is 361. The monoisotopic (exact) mass is 366 g/mol. The predicted molar refractivity (Wildman–Crippen MR) is 79.8 cm³/mol. The lowest BCUT2D eigenvalue weighted by molar-refractivity contribution is 0.0766. The summed E-state index contributed by atoms with van der Waals surface area (Å²) in [6.45, 7) is 3.58. The number of carbonyl (C=O) groups is 1. The molecule has 0 unspecified atom stereocenters. The summed E-state index contributed by atoms with van der Waals surface area (Å²) >= 11 is 2.25. The van der Waals surface area contributed by atoms with Gasteiger partial charge in [-0.2, -0.15) is 0 Å². The highest BCUT2D eigenvalue weighted by Crippen LogP contribution is 2.10. The molecule has 3 nitrogen and oxygen atoms in total. The van der Waals surface area contributed by atoms with E-state index in [9.17, 15) is 4.79 Å². The first-order valence-corrected chi connectivity index (χ1v) is 6.61. The van der Waals surface area contributed by atoms with Gasteiger partial charge in [-0.1, -0.05) is 0 Å². The zero-order valence-electron chi connectivity index (χ0n) is 9.49. The van der Waals surface area contributed by atoms with E-state index in [0.29, 0.717) is 0 Å². The molecule has 0 radical (unpaired) electrons. The van der Waals surface area contributed by atoms with Crippen molar-refractivity contribution in [3.63, 3.8) is 0 Å². The van der Waals surface area contributed by atoms with Crippen molar-refractivity contribution in [3.05, 3.63) is 33.4 Å². The first kappa shape index (κ1) is 14.7. The standard InChI is InChI=1S/C12H15IN2O.ClH/c13-11-4-2-10(3-5-11)12(16)15-8-1-6-14-7-9-15;/h2-5,14H,1,6-9H2;1H. The third-order valence-corrected chi connectivity index (χ3v) is 3.44. The Kier molecular flexibility index (Phi) is 6.22. The summed E-state index contributed by atoms with van der Waals surface area (Å²) in [5.74, 6) is 0.153. The topological polar surface area (TPSA) is 32.3 Å². The molecule has 1 aromatic carbocycles. The fraction of sp³-hybridized carbons (Fsp3) is 0.417. The largest absolute Gasteiger partial charge is 0.337 e. The molecule has 94 valence electrons. The Morgan fingerprint density at radius 2 is 1.88 bits per heavy atom. The van der Waals surface area contributed by atoms with Crippen molar-refractivity contribution >= 4 is 40.9 Å². The van der Waals surface area contributed by atoms with Crippen LogP contribution in [0.2, 0.25) is 0 Å². The molecular weight excluding hydrogens is 351 g/mol. The summed E-state index contributed by atoms with van der Waals surface area (Å²) < 4.78 is 1.16. The van der Waals surface area contributed by atoms with E-state index in [4.69, 9.17) is 0 Å². The van der Waals surface area contributed by atoms with Gasteiger partial charge in [-0.25, -0.2) is 0 Å². The van der Waals surface area contributed by atoms with Crippen molar-refractivity contribution < 1.29 is 4.79 Å². The smallest absolute Gasteiger partial charge is 0.253 e. The lowest BCUT2D eigenvalue weighted by Crippen LogP contribution is -2.34. The van der Waals surface area contributed by atoms with Gasteiger partial charge in [0.1, 0.15) is 0 Å². The average Bonchev–Trinajstić information content (AvgIpc) is 2.57. The molecular formula is C12H16ClIN2O. The van der Waals surface area contributed by atoms with Crippen molar-refractivity contribution in [2.24, 2.45) is 0 Å². The lowest BCUT2D eigenvalue weighted by Gasteiger charge is -2.19. The number of halogens is 2. The van der Waals surface area contributed by atoms with Gasteiger partial charge in [0, 0.05) is 28.8 Å². The molecule has 0 saturated carbocycles. The number of nitrogens with one attached hydrogen (secondary N) is 1. The Balaban J connectivity index is 0.00000144. The Morgan fingerprint density at radius 1 is 1.18 bits per heavy atom. The maximum Gasteiger partial charge on any atom is 0.253 e. The number of carbonyl (C=O) groups excluding carboxylic acids is 1. The van der Waals surface area contributed by atoms with Crippen LogP contribution in [-0.2, 0) is 0 Å². The fourth-order valence-electron chi connectivity index (χ4n) is 1.82. The van der Waals surface area contributed by atoms with E-state index in [1.54, 1.807) is 0 Å². The van der Waals surface area contributed by atoms with E-state index >= 15 is 0 Å². The van der Waals surface area contributed by atoms with Crippen LogP contribution in [0.3, 0.4) is 0 Å². The van der Waals surface area contributed by atoms with E-state index < -0.39 is 0 Å². The molecule has 1 fully saturated rings. The van der Waals surface area contributed by atoms with Crippen molar-refractivity contribution in [2.75, 3.05) is 26.2 Å². The molecule has 0 aliphatic carbocycles. The molecule has 0 atom stereocenters. The number of hydrogen-bond acceptors (Lipinski definition) is 2. The Hall–Kier alpha value is -0.330. The Morgan fingerprint density at radius 3 is 2.59 bits per heavy atom. The third kappa shape index (κ3) is 4.12. The van der Waals surface area contributed by atoms with Crippen LogP contribution in [0.5, 0.6) is 0 Å². The molecule has 1 aliphatic rings. The van der Waals surface area contributed by atoms with E-state index in [2.05, 4.69) is 27.9 Å². The summed E-state index contributed by atoms with van der Waals surface area (Å²) in [5, 5.41) is 3.30. The molecule has 0 aromatic heterocycles. The molecule has 2 rings (SSSR count). The predicted octanol–water partition coefficient (Wildman–Crippen LogP) is 2.15. The van der Waals surface area contributed by atoms with E-state index in [0.717, 1.165) is 41.7 Å². The van der Waals surface area contributed by atoms with E-state index in [-0.39, 0.29) is 18.3 Å². The summed E-state index contributed by atoms with van der Waals surface area (Å²) in [5.41, 5.74) is 0.794. The van der Waals surface area contributed by atoms with Gasteiger partial charge in [-0.3, -0.25) is 4.79 Å². The van der Waals surface area contributed by atoms with Gasteiger partial charge < -0.3 is 10.2 Å². The summed E-state index contributed by atoms with van der Waals surface area (Å²) in [4.78, 5) is 14.1. The van der Waals surface area contributed by atoms with Crippen LogP contribution in [0, 0.1) is 3.57 Å². The SMILES string of the molecule is Cl.O=C(c1ccc(I)cc1)N1CCCNCC1. The highest BCUT2D eigenvalue weighted by Gasteiger charge is 2.16. The van der Waals surface area contributed by atoms with Gasteiger partial charge in [0.05, 0.1) is 0 Å². The molecule has 1 saturated heterocycles. The lowest BCUT2D eigenvalue weighted by atomic mass is 10.2. The van der Waals surface area contributed by atoms with Crippen LogP contribution < -0.4 is 5.32 Å². The van der Waals surface area contributed by atoms with Gasteiger partial charge in [-0.05, 0) is 59.8 Å². The fourth-order valence-corrected chi connectivity index (χ4v) is 2.18. The molecule has 5 heteroatoms. The minimum Gasteiger partial charge on any atom is -0.337 e. The molecule has 0 bridgehead atoms. The highest BCUT2D eigenvalue weighted by molar-refractivity contribution is 14.1. The van der Waals surface area contributed by atoms with Crippen LogP contribution in [0.1, 0.15) is 16.8 Å². The summed E-state index contributed by atoms with van der Waals surface area (Å²) in [7, 11) is 0. The zero-order chi connectivity index (χ0) is 11.4. The zero-order valence-corrected chi connectivity index (χ0v) is 12.5. The second-order valence-corrected chi connectivity index (χ2v) is 5.15. The van der Waals surface area contributed by atoms with Crippen LogP contribution in [0.15, 0.2) is 24.3 Å². The number of rotatable bonds is 1. The van der Waals surface area contributed by atoms with Crippen molar-refractivity contribution in [1.82, 2.24) is 10.2 Å². The molecule has 1 aliphatic heterocycles. The van der Waals surface area contributed by atoms with Crippen molar-refractivity contribution in [1.29, 1.82) is 0 Å². The van der Waals surface area contributed by atoms with Gasteiger partial charge in [0.2, 0.25) is 0 Å². The van der Waals surface area contributed by atoms with Crippen molar-refractivity contribution in [3.8, 4) is 0 Å². The number of nitrogens with zero attached hydrogens (tertiary/aromatic N) is 1. The molecule has 1 N–H and O–H groups in total. The van der Waals surface area contributed by atoms with E-state index in [1.807, 2.05) is 29.2 Å². The molecule has 17 heavy (non-hydrogen) atoms. The quantitative estimate of drug-likeness (QED) is 0.773. The molecule has 0 spiro atoms. The van der Waals surface area contributed by atoms with Crippen LogP contribution in [-0.4, -0.2) is 37.0 Å². The second-order valence-electron chi connectivity index (χ2n) is 3.90. The third-order valence-electron chi connectivity index (χ3n) is 2.72. The van der Waals surface area contributed by atoms with Crippen LogP contribution >= 0.6 is 35.0 Å². The number of benzene rings is 1. The van der Waals surface area contributed by atoms with Crippen LogP contribution in [0.25, 0.3) is 0 Å². The van der Waals surface area contributed by atoms with Gasteiger partial charge >= 0.3 is 0 Å². The minimum absolute atomic E-state index is 0. The maximum atomic E-state index is 12.2. The highest BCUT2D eigenvalue weighted by atomic mass is 127. The first-order chi connectivity index (χ1) is 7.77. The van der Waals surface area contributed by atoms with Gasteiger partial charge in [0.15, 0.2) is 0 Å². The average molecular weight is 367 g/mol. The molecule has 1 amide bonds. The van der Waals surface area contributed by atoms with Crippen LogP contribution in [0.4, 0.5) is 0 Å². The number of hydrogen-bond donors (Lipinski definition) is 1. The summed E-state index contributed by atoms with van der Waals surface area (Å²) in [6.07, 6.45) is 1.04. The Labute approximate surface area is 122 Å². The second kappa shape index (κ2) is 7.18. The van der Waals surface area contributed by atoms with Gasteiger partial charge in [0.25, 0.3) is 5.91 Å². The van der Waals surface area contributed by atoms with Gasteiger partial charge in [-0.15, -0.1) is 12.4 Å². The van der Waals surface area contributed by atoms with Crippen molar-refractivity contribution in [2.45, 2.75) is 6.42 Å². The number of amides is 1. The molecule has 1 heterocycles.